The highest BCUT2D eigenvalue weighted by molar-refractivity contribution is 5.76. The molecule has 4 heteroatoms. The molecule has 0 aromatic carbocycles. The molecule has 0 heterocycles. The summed E-state index contributed by atoms with van der Waals surface area (Å²) in [5.74, 6) is 0.253. The average molecular weight is 201 g/mol. The van der Waals surface area contributed by atoms with Gasteiger partial charge in [-0.25, -0.2) is 0 Å². The highest BCUT2D eigenvalue weighted by Gasteiger charge is 1.98. The number of nitrogens with two attached hydrogens (primary N) is 1. The number of nitrogens with one attached hydrogen (secondary N) is 1. The zero-order valence-electron chi connectivity index (χ0n) is 9.38. The largest absolute Gasteiger partial charge is 0.388 e. The summed E-state index contributed by atoms with van der Waals surface area (Å²) in [6.45, 7) is 5.54. The normalized spacial score (nSPS) is 10.8. The molecule has 0 bridgehead atoms. The maximum atomic E-state index is 7.08. The summed E-state index contributed by atoms with van der Waals surface area (Å²) in [5.41, 5.74) is 5.26. The number of hydrogen-bond donors (Lipinski definition) is 2. The first-order valence-electron chi connectivity index (χ1n) is 5.26. The van der Waals surface area contributed by atoms with Crippen molar-refractivity contribution in [2.75, 3.05) is 33.4 Å². The fourth-order valence-electron chi connectivity index (χ4n) is 0.992. The zero-order valence-corrected chi connectivity index (χ0v) is 9.38. The zero-order chi connectivity index (χ0) is 10.8. The Hall–Kier alpha value is -0.610. The van der Waals surface area contributed by atoms with Gasteiger partial charge in [0.15, 0.2) is 0 Å². The van der Waals surface area contributed by atoms with Crippen LogP contribution in [-0.4, -0.2) is 44.1 Å². The lowest BCUT2D eigenvalue weighted by atomic mass is 10.3. The maximum Gasteiger partial charge on any atom is 0.0918 e. The molecule has 0 unspecified atom stereocenters. The molecule has 4 nitrogen and oxygen atoms in total. The van der Waals surface area contributed by atoms with E-state index in [-0.39, 0.29) is 5.84 Å². The molecule has 0 spiro atoms. The van der Waals surface area contributed by atoms with Crippen LogP contribution in [0.1, 0.15) is 26.2 Å². The Balaban J connectivity index is 3.18. The van der Waals surface area contributed by atoms with Crippen LogP contribution in [0.2, 0.25) is 0 Å². The summed E-state index contributed by atoms with van der Waals surface area (Å²) in [5, 5.41) is 7.08. The lowest BCUT2D eigenvalue weighted by molar-refractivity contribution is 0.110. The van der Waals surface area contributed by atoms with Crippen molar-refractivity contribution in [3.05, 3.63) is 0 Å². The van der Waals surface area contributed by atoms with Crippen LogP contribution in [0.5, 0.6) is 0 Å². The van der Waals surface area contributed by atoms with E-state index in [4.69, 9.17) is 15.9 Å². The molecule has 0 aromatic rings. The third-order valence-electron chi connectivity index (χ3n) is 2.02. The fraction of sp³-hybridized carbons (Fsp3) is 0.900. The predicted octanol–water partition coefficient (Wildman–Crippen LogP) is 1.06. The van der Waals surface area contributed by atoms with Crippen molar-refractivity contribution in [1.29, 1.82) is 5.41 Å². The molecule has 0 saturated carbocycles. The van der Waals surface area contributed by atoms with E-state index >= 15 is 0 Å². The summed E-state index contributed by atoms with van der Waals surface area (Å²) in [4.78, 5) is 2.13. The molecule has 0 aromatic heterocycles. The quantitative estimate of drug-likeness (QED) is 0.333. The Kier molecular flexibility index (Phi) is 8.57. The monoisotopic (exact) mass is 201 g/mol. The van der Waals surface area contributed by atoms with Gasteiger partial charge in [-0.05, 0) is 13.5 Å². The Morgan fingerprint density at radius 1 is 1.36 bits per heavy atom. The number of nitrogens with zero attached hydrogens (tertiary/aromatic N) is 1. The molecular formula is C10H23N3O. The van der Waals surface area contributed by atoms with Gasteiger partial charge in [-0.15, -0.1) is 0 Å². The first-order chi connectivity index (χ1) is 6.66. The topological polar surface area (TPSA) is 62.3 Å². The van der Waals surface area contributed by atoms with Gasteiger partial charge < -0.3 is 15.4 Å². The second-order valence-electron chi connectivity index (χ2n) is 3.54. The van der Waals surface area contributed by atoms with Crippen molar-refractivity contribution in [1.82, 2.24) is 4.90 Å². The molecule has 0 saturated heterocycles. The molecule has 0 radical (unpaired) electrons. The SMILES string of the molecule is CCCCOCCN(C)CCC(=N)N. The molecule has 0 aliphatic rings. The molecule has 0 aliphatic carbocycles. The third kappa shape index (κ3) is 9.48. The van der Waals surface area contributed by atoms with Crippen LogP contribution in [0.4, 0.5) is 0 Å². The molecule has 84 valence electrons. The lowest BCUT2D eigenvalue weighted by Gasteiger charge is -2.15. The Morgan fingerprint density at radius 3 is 2.64 bits per heavy atom. The van der Waals surface area contributed by atoms with Gasteiger partial charge in [0.05, 0.1) is 12.4 Å². The van der Waals surface area contributed by atoms with Crippen molar-refractivity contribution >= 4 is 5.84 Å². The summed E-state index contributed by atoms with van der Waals surface area (Å²) >= 11 is 0. The van der Waals surface area contributed by atoms with E-state index in [9.17, 15) is 0 Å². The van der Waals surface area contributed by atoms with Crippen LogP contribution in [-0.2, 0) is 4.74 Å². The van der Waals surface area contributed by atoms with Crippen molar-refractivity contribution in [3.8, 4) is 0 Å². The molecule has 0 amide bonds. The fourth-order valence-corrected chi connectivity index (χ4v) is 0.992. The molecule has 0 atom stereocenters. The average Bonchev–Trinajstić information content (AvgIpc) is 2.14. The highest BCUT2D eigenvalue weighted by Crippen LogP contribution is 1.90. The predicted molar refractivity (Wildman–Crippen MR) is 59.8 cm³/mol. The van der Waals surface area contributed by atoms with E-state index < -0.39 is 0 Å². The van der Waals surface area contributed by atoms with Crippen LogP contribution in [0.15, 0.2) is 0 Å². The number of likely N-dealkylation sites (N-methyl/N-ethyl adjacent to an activating group) is 1. The summed E-state index contributed by atoms with van der Waals surface area (Å²) < 4.78 is 5.42. The summed E-state index contributed by atoms with van der Waals surface area (Å²) in [6, 6.07) is 0. The summed E-state index contributed by atoms with van der Waals surface area (Å²) in [7, 11) is 2.02. The molecule has 0 rings (SSSR count). The van der Waals surface area contributed by atoms with Crippen molar-refractivity contribution in [3.63, 3.8) is 0 Å². The van der Waals surface area contributed by atoms with Crippen LogP contribution in [0, 0.1) is 5.41 Å². The standard InChI is InChI=1S/C10H23N3O/c1-3-4-8-14-9-7-13(2)6-5-10(11)12/h3-9H2,1-2H3,(H3,11,12). The van der Waals surface area contributed by atoms with Crippen LogP contribution < -0.4 is 5.73 Å². The Bertz CT molecular complexity index is 150. The van der Waals surface area contributed by atoms with Crippen LogP contribution in [0.25, 0.3) is 0 Å². The Labute approximate surface area is 86.9 Å². The van der Waals surface area contributed by atoms with E-state index in [1.165, 1.54) is 6.42 Å². The van der Waals surface area contributed by atoms with Gasteiger partial charge in [-0.2, -0.15) is 0 Å². The van der Waals surface area contributed by atoms with E-state index in [1.807, 2.05) is 7.05 Å². The number of rotatable bonds is 9. The number of unbranched alkanes of at least 4 members (excludes halogenated alkanes) is 1. The second kappa shape index (κ2) is 8.97. The van der Waals surface area contributed by atoms with Gasteiger partial charge in [0.2, 0.25) is 0 Å². The lowest BCUT2D eigenvalue weighted by Crippen LogP contribution is -2.27. The van der Waals surface area contributed by atoms with Crippen molar-refractivity contribution in [2.45, 2.75) is 26.2 Å². The van der Waals surface area contributed by atoms with Gasteiger partial charge in [-0.3, -0.25) is 5.41 Å². The molecule has 0 fully saturated rings. The van der Waals surface area contributed by atoms with Gasteiger partial charge in [-0.1, -0.05) is 13.3 Å². The van der Waals surface area contributed by atoms with E-state index in [0.717, 1.165) is 32.7 Å². The minimum atomic E-state index is 0.253. The van der Waals surface area contributed by atoms with Crippen molar-refractivity contribution in [2.24, 2.45) is 5.73 Å². The smallest absolute Gasteiger partial charge is 0.0918 e. The summed E-state index contributed by atoms with van der Waals surface area (Å²) in [6.07, 6.45) is 2.96. The minimum Gasteiger partial charge on any atom is -0.388 e. The number of amidine groups is 1. The van der Waals surface area contributed by atoms with Crippen LogP contribution in [0.3, 0.4) is 0 Å². The van der Waals surface area contributed by atoms with E-state index in [2.05, 4.69) is 11.8 Å². The first-order valence-corrected chi connectivity index (χ1v) is 5.26. The van der Waals surface area contributed by atoms with Gasteiger partial charge in [0.25, 0.3) is 0 Å². The minimum absolute atomic E-state index is 0.253. The van der Waals surface area contributed by atoms with E-state index in [1.54, 1.807) is 0 Å². The first kappa shape index (κ1) is 13.4. The van der Waals surface area contributed by atoms with Crippen molar-refractivity contribution < 1.29 is 4.74 Å². The van der Waals surface area contributed by atoms with E-state index in [0.29, 0.717) is 6.42 Å². The van der Waals surface area contributed by atoms with Crippen LogP contribution >= 0.6 is 0 Å². The van der Waals surface area contributed by atoms with Gasteiger partial charge >= 0.3 is 0 Å². The Morgan fingerprint density at radius 2 is 2.07 bits per heavy atom. The molecule has 0 aliphatic heterocycles. The maximum absolute atomic E-state index is 7.08. The molecular weight excluding hydrogens is 178 g/mol. The second-order valence-corrected chi connectivity index (χ2v) is 3.54. The number of ether oxygens (including phenoxy) is 1. The highest BCUT2D eigenvalue weighted by atomic mass is 16.5. The van der Waals surface area contributed by atoms with Gasteiger partial charge in [0.1, 0.15) is 0 Å². The third-order valence-corrected chi connectivity index (χ3v) is 2.02. The molecule has 3 N–H and O–H groups in total. The van der Waals surface area contributed by atoms with Gasteiger partial charge in [0, 0.05) is 26.1 Å². The molecule has 14 heavy (non-hydrogen) atoms. The number of hydrogen-bond acceptors (Lipinski definition) is 3.